The summed E-state index contributed by atoms with van der Waals surface area (Å²) in [5.74, 6) is 0.510. The van der Waals surface area contributed by atoms with Crippen molar-refractivity contribution in [2.24, 2.45) is 0 Å². The summed E-state index contributed by atoms with van der Waals surface area (Å²) in [6.45, 7) is 6.09. The number of rotatable bonds is 5. The van der Waals surface area contributed by atoms with Crippen LogP contribution in [0.15, 0.2) is 30.6 Å². The Kier molecular flexibility index (Phi) is 4.37. The lowest BCUT2D eigenvalue weighted by atomic mass is 10.1. The van der Waals surface area contributed by atoms with Crippen molar-refractivity contribution in [1.29, 1.82) is 0 Å². The van der Waals surface area contributed by atoms with Gasteiger partial charge in [0.1, 0.15) is 6.33 Å². The highest BCUT2D eigenvalue weighted by atomic mass is 16.3. The molecule has 2 N–H and O–H groups in total. The number of carbonyl (C=O) groups excluding carboxylic acids is 1. The molecule has 1 aromatic carbocycles. The third kappa shape index (κ3) is 3.88. The fourth-order valence-corrected chi connectivity index (χ4v) is 2.12. The van der Waals surface area contributed by atoms with Crippen molar-refractivity contribution in [3.63, 3.8) is 0 Å². The van der Waals surface area contributed by atoms with E-state index in [1.807, 2.05) is 19.1 Å². The van der Waals surface area contributed by atoms with Crippen LogP contribution in [-0.2, 0) is 0 Å². The largest absolute Gasteiger partial charge is 0.389 e. The highest BCUT2D eigenvalue weighted by molar-refractivity contribution is 5.95. The van der Waals surface area contributed by atoms with Crippen molar-refractivity contribution in [1.82, 2.24) is 20.1 Å². The van der Waals surface area contributed by atoms with Crippen molar-refractivity contribution in [2.75, 3.05) is 13.1 Å². The number of aliphatic hydroxyl groups is 1. The van der Waals surface area contributed by atoms with Gasteiger partial charge in [0.25, 0.3) is 5.91 Å². The molecule has 1 aromatic heterocycles. The molecule has 0 aliphatic rings. The van der Waals surface area contributed by atoms with Crippen LogP contribution in [0.1, 0.15) is 31.1 Å². The number of nitrogens with zero attached hydrogens (tertiary/aromatic N) is 3. The fourth-order valence-electron chi connectivity index (χ4n) is 2.12. The first kappa shape index (κ1) is 15.2. The number of hydrogen-bond donors (Lipinski definition) is 2. The first-order chi connectivity index (χ1) is 9.90. The summed E-state index contributed by atoms with van der Waals surface area (Å²) in [6.07, 6.45) is 1.43. The van der Waals surface area contributed by atoms with E-state index in [0.29, 0.717) is 17.9 Å². The number of likely N-dealkylation sites (N-methyl/N-ethyl adjacent to an activating group) is 1. The van der Waals surface area contributed by atoms with Crippen molar-refractivity contribution >= 4 is 5.91 Å². The topological polar surface area (TPSA) is 82.1 Å². The maximum absolute atomic E-state index is 12.5. The standard InChI is InChI=1S/C15H20N4O2/c1-4-19(9-15(2,3)21)14(20)12-7-5-6-11(8-12)13-16-10-17-18-13/h5-8,10,21H,4,9H2,1-3H3,(H,16,17,18). The van der Waals surface area contributed by atoms with Crippen LogP contribution in [0.5, 0.6) is 0 Å². The third-order valence-corrected chi connectivity index (χ3v) is 3.04. The molecular weight excluding hydrogens is 268 g/mol. The van der Waals surface area contributed by atoms with E-state index < -0.39 is 5.60 Å². The van der Waals surface area contributed by atoms with Crippen molar-refractivity contribution in [2.45, 2.75) is 26.4 Å². The average Bonchev–Trinajstić information content (AvgIpc) is 2.97. The van der Waals surface area contributed by atoms with Crippen molar-refractivity contribution < 1.29 is 9.90 Å². The van der Waals surface area contributed by atoms with Crippen molar-refractivity contribution in [3.8, 4) is 11.4 Å². The molecule has 1 heterocycles. The van der Waals surface area contributed by atoms with Crippen LogP contribution in [0.4, 0.5) is 0 Å². The monoisotopic (exact) mass is 288 g/mol. The first-order valence-corrected chi connectivity index (χ1v) is 6.88. The first-order valence-electron chi connectivity index (χ1n) is 6.88. The van der Waals surface area contributed by atoms with Crippen LogP contribution in [0.3, 0.4) is 0 Å². The predicted molar refractivity (Wildman–Crippen MR) is 79.7 cm³/mol. The lowest BCUT2D eigenvalue weighted by Crippen LogP contribution is -2.42. The van der Waals surface area contributed by atoms with E-state index in [1.54, 1.807) is 30.9 Å². The number of aromatic nitrogens is 3. The Morgan fingerprint density at radius 2 is 2.19 bits per heavy atom. The van der Waals surface area contributed by atoms with Crippen LogP contribution >= 0.6 is 0 Å². The summed E-state index contributed by atoms with van der Waals surface area (Å²) in [7, 11) is 0. The van der Waals surface area contributed by atoms with Gasteiger partial charge in [0.05, 0.1) is 5.60 Å². The zero-order valence-electron chi connectivity index (χ0n) is 12.5. The SMILES string of the molecule is CCN(CC(C)(C)O)C(=O)c1cccc(-c2ncn[nH]2)c1. The molecule has 0 radical (unpaired) electrons. The Morgan fingerprint density at radius 1 is 1.43 bits per heavy atom. The van der Waals surface area contributed by atoms with E-state index in [0.717, 1.165) is 5.56 Å². The van der Waals surface area contributed by atoms with Gasteiger partial charge in [0.2, 0.25) is 0 Å². The Hall–Kier alpha value is -2.21. The van der Waals surface area contributed by atoms with E-state index in [9.17, 15) is 9.90 Å². The smallest absolute Gasteiger partial charge is 0.253 e. The molecule has 2 aromatic rings. The van der Waals surface area contributed by atoms with Crippen molar-refractivity contribution in [3.05, 3.63) is 36.2 Å². The second-order valence-corrected chi connectivity index (χ2v) is 5.55. The van der Waals surface area contributed by atoms with E-state index in [-0.39, 0.29) is 12.5 Å². The number of nitrogens with one attached hydrogen (secondary N) is 1. The zero-order valence-corrected chi connectivity index (χ0v) is 12.5. The normalized spacial score (nSPS) is 11.4. The Balaban J connectivity index is 2.24. The van der Waals surface area contributed by atoms with Gasteiger partial charge >= 0.3 is 0 Å². The van der Waals surface area contributed by atoms with Crippen LogP contribution in [-0.4, -0.2) is 49.8 Å². The molecule has 6 nitrogen and oxygen atoms in total. The van der Waals surface area contributed by atoms with Crippen LogP contribution in [0.25, 0.3) is 11.4 Å². The van der Waals surface area contributed by atoms with E-state index in [2.05, 4.69) is 15.2 Å². The molecule has 0 unspecified atom stereocenters. The van der Waals surface area contributed by atoms with Gasteiger partial charge in [-0.3, -0.25) is 9.89 Å². The minimum Gasteiger partial charge on any atom is -0.389 e. The Labute approximate surface area is 123 Å². The van der Waals surface area contributed by atoms with Gasteiger partial charge in [0.15, 0.2) is 5.82 Å². The molecule has 0 spiro atoms. The second kappa shape index (κ2) is 6.05. The van der Waals surface area contributed by atoms with Gasteiger partial charge in [0, 0.05) is 24.2 Å². The van der Waals surface area contributed by atoms with Crippen LogP contribution < -0.4 is 0 Å². The van der Waals surface area contributed by atoms with E-state index >= 15 is 0 Å². The number of carbonyl (C=O) groups is 1. The fraction of sp³-hybridized carbons (Fsp3) is 0.400. The van der Waals surface area contributed by atoms with Gasteiger partial charge < -0.3 is 10.0 Å². The van der Waals surface area contributed by atoms with E-state index in [4.69, 9.17) is 0 Å². The molecule has 0 saturated carbocycles. The maximum atomic E-state index is 12.5. The minimum atomic E-state index is -0.922. The number of hydrogen-bond acceptors (Lipinski definition) is 4. The molecule has 0 bridgehead atoms. The number of aromatic amines is 1. The molecule has 1 amide bonds. The molecule has 6 heteroatoms. The van der Waals surface area contributed by atoms with Crippen LogP contribution in [0.2, 0.25) is 0 Å². The molecule has 2 rings (SSSR count). The van der Waals surface area contributed by atoms with E-state index in [1.165, 1.54) is 6.33 Å². The quantitative estimate of drug-likeness (QED) is 0.877. The molecule has 112 valence electrons. The summed E-state index contributed by atoms with van der Waals surface area (Å²) >= 11 is 0. The summed E-state index contributed by atoms with van der Waals surface area (Å²) in [6, 6.07) is 7.21. The van der Waals surface area contributed by atoms with Gasteiger partial charge in [-0.05, 0) is 32.9 Å². The molecular formula is C15H20N4O2. The summed E-state index contributed by atoms with van der Waals surface area (Å²) < 4.78 is 0. The summed E-state index contributed by atoms with van der Waals surface area (Å²) in [5.41, 5.74) is 0.446. The lowest BCUT2D eigenvalue weighted by molar-refractivity contribution is 0.0315. The summed E-state index contributed by atoms with van der Waals surface area (Å²) in [4.78, 5) is 18.2. The number of H-pyrrole nitrogens is 1. The molecule has 21 heavy (non-hydrogen) atoms. The Bertz CT molecular complexity index is 602. The maximum Gasteiger partial charge on any atom is 0.253 e. The predicted octanol–water partition coefficient (Wildman–Crippen LogP) is 1.70. The molecule has 0 aliphatic carbocycles. The zero-order chi connectivity index (χ0) is 15.5. The van der Waals surface area contributed by atoms with Gasteiger partial charge in [-0.1, -0.05) is 12.1 Å². The number of benzene rings is 1. The molecule has 0 fully saturated rings. The number of amides is 1. The highest BCUT2D eigenvalue weighted by Gasteiger charge is 2.22. The second-order valence-electron chi connectivity index (χ2n) is 5.55. The third-order valence-electron chi connectivity index (χ3n) is 3.04. The highest BCUT2D eigenvalue weighted by Crippen LogP contribution is 2.17. The van der Waals surface area contributed by atoms with Gasteiger partial charge in [-0.25, -0.2) is 4.98 Å². The average molecular weight is 288 g/mol. The minimum absolute atomic E-state index is 0.110. The van der Waals surface area contributed by atoms with Gasteiger partial charge in [-0.15, -0.1) is 0 Å². The summed E-state index contributed by atoms with van der Waals surface area (Å²) in [5, 5.41) is 16.5. The molecule has 0 saturated heterocycles. The van der Waals surface area contributed by atoms with Gasteiger partial charge in [-0.2, -0.15) is 5.10 Å². The van der Waals surface area contributed by atoms with Crippen LogP contribution in [0, 0.1) is 0 Å². The molecule has 0 atom stereocenters. The Morgan fingerprint density at radius 3 is 2.76 bits per heavy atom. The lowest BCUT2D eigenvalue weighted by Gasteiger charge is -2.28. The molecule has 0 aliphatic heterocycles.